The second-order valence-corrected chi connectivity index (χ2v) is 6.96. The van der Waals surface area contributed by atoms with Crippen LogP contribution in [0.3, 0.4) is 0 Å². The lowest BCUT2D eigenvalue weighted by Crippen LogP contribution is -2.24. The lowest BCUT2D eigenvalue weighted by molar-refractivity contribution is 0.252. The summed E-state index contributed by atoms with van der Waals surface area (Å²) in [4.78, 5) is 11.9. The fourth-order valence-electron chi connectivity index (χ4n) is 2.48. The van der Waals surface area contributed by atoms with Gasteiger partial charge < -0.3 is 10.1 Å². The van der Waals surface area contributed by atoms with Gasteiger partial charge in [0.2, 0.25) is 0 Å². The molecule has 2 N–H and O–H groups in total. The number of halogens is 1. The Labute approximate surface area is 172 Å². The molecule has 3 aromatic rings. The third-order valence-electron chi connectivity index (χ3n) is 3.97. The van der Waals surface area contributed by atoms with Gasteiger partial charge in [-0.3, -0.25) is 0 Å². The highest BCUT2D eigenvalue weighted by Crippen LogP contribution is 2.26. The maximum atomic E-state index is 11.9. The van der Waals surface area contributed by atoms with Gasteiger partial charge in [0.25, 0.3) is 0 Å². The molecule has 0 aliphatic carbocycles. The molecule has 2 amide bonds. The Morgan fingerprint density at radius 2 is 1.82 bits per heavy atom. The molecule has 3 rings (SSSR count). The molecular weight excluding hydrogens is 418 g/mol. The molecule has 0 bridgehead atoms. The Balaban J connectivity index is 1.53. The fraction of sp³-hybridized carbons (Fsp3) is 0.0909. The molecule has 0 saturated carbocycles. The number of hydrogen-bond donors (Lipinski definition) is 2. The number of rotatable bonds is 6. The molecule has 0 spiro atoms. The highest BCUT2D eigenvalue weighted by Gasteiger charge is 2.04. The van der Waals surface area contributed by atoms with Gasteiger partial charge in [0.15, 0.2) is 0 Å². The van der Waals surface area contributed by atoms with E-state index in [0.717, 1.165) is 32.6 Å². The molecule has 0 aromatic heterocycles. The molecule has 0 aliphatic heterocycles. The maximum absolute atomic E-state index is 11.9. The number of hydrogen-bond acceptors (Lipinski definition) is 3. The van der Waals surface area contributed by atoms with Crippen LogP contribution in [0.15, 0.2) is 82.4 Å². The highest BCUT2D eigenvalue weighted by atomic mass is 79.9. The van der Waals surface area contributed by atoms with Crippen LogP contribution in [0.2, 0.25) is 0 Å². The van der Waals surface area contributed by atoms with Crippen LogP contribution in [0.1, 0.15) is 16.7 Å². The summed E-state index contributed by atoms with van der Waals surface area (Å²) >= 11 is 3.51. The van der Waals surface area contributed by atoms with E-state index in [-0.39, 0.29) is 0 Å². The van der Waals surface area contributed by atoms with Crippen molar-refractivity contribution >= 4 is 33.9 Å². The Morgan fingerprint density at radius 3 is 2.57 bits per heavy atom. The molecule has 0 saturated heterocycles. The van der Waals surface area contributed by atoms with Gasteiger partial charge in [-0.1, -0.05) is 48.5 Å². The van der Waals surface area contributed by atoms with E-state index in [4.69, 9.17) is 4.74 Å². The summed E-state index contributed by atoms with van der Waals surface area (Å²) in [5.41, 5.74) is 6.12. The monoisotopic (exact) mass is 437 g/mol. The van der Waals surface area contributed by atoms with Gasteiger partial charge in [-0.05, 0) is 63.8 Å². The first-order valence-electron chi connectivity index (χ1n) is 8.74. The first-order valence-corrected chi connectivity index (χ1v) is 9.53. The predicted octanol–water partition coefficient (Wildman–Crippen LogP) is 5.49. The van der Waals surface area contributed by atoms with Gasteiger partial charge in [-0.2, -0.15) is 5.10 Å². The molecule has 0 radical (unpaired) electrons. The number of para-hydroxylation sites is 1. The Morgan fingerprint density at radius 1 is 1.07 bits per heavy atom. The van der Waals surface area contributed by atoms with Crippen molar-refractivity contribution in [1.82, 2.24) is 5.43 Å². The maximum Gasteiger partial charge on any atom is 0.339 e. The number of hydrazone groups is 1. The minimum absolute atomic E-state index is 0.396. The number of carbonyl (C=O) groups excluding carboxylic acids is 1. The molecule has 0 heterocycles. The van der Waals surface area contributed by atoms with E-state index in [1.165, 1.54) is 0 Å². The first-order chi connectivity index (χ1) is 13.6. The minimum Gasteiger partial charge on any atom is -0.488 e. The molecule has 0 aliphatic rings. The average Bonchev–Trinajstić information content (AvgIpc) is 2.70. The van der Waals surface area contributed by atoms with Crippen LogP contribution in [-0.4, -0.2) is 12.2 Å². The van der Waals surface area contributed by atoms with E-state index in [2.05, 4.69) is 31.8 Å². The van der Waals surface area contributed by atoms with Crippen LogP contribution in [0.25, 0.3) is 0 Å². The van der Waals surface area contributed by atoms with E-state index in [1.54, 1.807) is 6.21 Å². The molecule has 0 fully saturated rings. The zero-order valence-electron chi connectivity index (χ0n) is 15.4. The summed E-state index contributed by atoms with van der Waals surface area (Å²) < 4.78 is 6.64. The first kappa shape index (κ1) is 19.6. The van der Waals surface area contributed by atoms with Crippen LogP contribution in [0.5, 0.6) is 5.75 Å². The van der Waals surface area contributed by atoms with Crippen molar-refractivity contribution in [3.63, 3.8) is 0 Å². The lowest BCUT2D eigenvalue weighted by atomic mass is 10.2. The summed E-state index contributed by atoms with van der Waals surface area (Å²) in [6, 6.07) is 22.7. The number of ether oxygens (including phenoxy) is 1. The van der Waals surface area contributed by atoms with Crippen LogP contribution in [-0.2, 0) is 6.61 Å². The summed E-state index contributed by atoms with van der Waals surface area (Å²) in [5.74, 6) is 0.742. The molecule has 0 unspecified atom stereocenters. The highest BCUT2D eigenvalue weighted by molar-refractivity contribution is 9.10. The van der Waals surface area contributed by atoms with Gasteiger partial charge in [-0.15, -0.1) is 0 Å². The number of nitrogens with one attached hydrogen (secondary N) is 2. The molecular formula is C22H20BrN3O2. The molecule has 142 valence electrons. The number of nitrogens with zero attached hydrogens (tertiary/aromatic N) is 1. The van der Waals surface area contributed by atoms with Crippen molar-refractivity contribution < 1.29 is 9.53 Å². The van der Waals surface area contributed by atoms with E-state index < -0.39 is 6.03 Å². The molecule has 3 aromatic carbocycles. The molecule has 5 nitrogen and oxygen atoms in total. The van der Waals surface area contributed by atoms with Crippen molar-refractivity contribution in [3.05, 3.63) is 94.0 Å². The van der Waals surface area contributed by atoms with Crippen molar-refractivity contribution in [2.24, 2.45) is 5.10 Å². The zero-order valence-corrected chi connectivity index (χ0v) is 16.9. The number of urea groups is 1. The summed E-state index contributed by atoms with van der Waals surface area (Å²) in [6.45, 7) is 2.42. The number of carbonyl (C=O) groups is 1. The van der Waals surface area contributed by atoms with E-state index in [1.807, 2.05) is 79.7 Å². The molecule has 0 atom stereocenters. The Bertz CT molecular complexity index is 975. The zero-order chi connectivity index (χ0) is 19.8. The SMILES string of the molecule is Cc1ccccc1NC(=O)NN=Cc1ccc(OCc2ccccc2)c(Br)c1. The summed E-state index contributed by atoms with van der Waals surface area (Å²) in [6.07, 6.45) is 1.57. The van der Waals surface area contributed by atoms with Crippen LogP contribution in [0.4, 0.5) is 10.5 Å². The van der Waals surface area contributed by atoms with E-state index in [0.29, 0.717) is 6.61 Å². The number of amides is 2. The number of benzene rings is 3. The van der Waals surface area contributed by atoms with Crippen molar-refractivity contribution in [1.29, 1.82) is 0 Å². The van der Waals surface area contributed by atoms with Crippen molar-refractivity contribution in [2.75, 3.05) is 5.32 Å². The second-order valence-electron chi connectivity index (χ2n) is 6.10. The van der Waals surface area contributed by atoms with Gasteiger partial charge in [0, 0.05) is 5.69 Å². The van der Waals surface area contributed by atoms with E-state index in [9.17, 15) is 4.79 Å². The second kappa shape index (κ2) is 9.71. The van der Waals surface area contributed by atoms with Gasteiger partial charge in [-0.25, -0.2) is 10.2 Å². The largest absolute Gasteiger partial charge is 0.488 e. The minimum atomic E-state index is -0.396. The third-order valence-corrected chi connectivity index (χ3v) is 4.59. The van der Waals surface area contributed by atoms with Crippen LogP contribution < -0.4 is 15.5 Å². The van der Waals surface area contributed by atoms with Crippen LogP contribution >= 0.6 is 15.9 Å². The van der Waals surface area contributed by atoms with Gasteiger partial charge >= 0.3 is 6.03 Å². The Hall–Kier alpha value is -3.12. The van der Waals surface area contributed by atoms with Crippen molar-refractivity contribution in [2.45, 2.75) is 13.5 Å². The summed E-state index contributed by atoms with van der Waals surface area (Å²) in [5, 5.41) is 6.74. The van der Waals surface area contributed by atoms with Gasteiger partial charge in [0.05, 0.1) is 10.7 Å². The topological polar surface area (TPSA) is 62.7 Å². The smallest absolute Gasteiger partial charge is 0.339 e. The van der Waals surface area contributed by atoms with Crippen molar-refractivity contribution in [3.8, 4) is 5.75 Å². The molecule has 28 heavy (non-hydrogen) atoms. The quantitative estimate of drug-likeness (QED) is 0.395. The van der Waals surface area contributed by atoms with Gasteiger partial charge in [0.1, 0.15) is 12.4 Å². The third kappa shape index (κ3) is 5.69. The summed E-state index contributed by atoms with van der Waals surface area (Å²) in [7, 11) is 0. The Kier molecular flexibility index (Phi) is 6.81. The normalized spacial score (nSPS) is 10.6. The fourth-order valence-corrected chi connectivity index (χ4v) is 2.99. The lowest BCUT2D eigenvalue weighted by Gasteiger charge is -2.09. The predicted molar refractivity (Wildman–Crippen MR) is 116 cm³/mol. The molecule has 6 heteroatoms. The standard InChI is InChI=1S/C22H20BrN3O2/c1-16-7-5-6-10-20(16)25-22(27)26-24-14-18-11-12-21(19(23)13-18)28-15-17-8-3-2-4-9-17/h2-14H,15H2,1H3,(H2,25,26,27). The van der Waals surface area contributed by atoms with E-state index >= 15 is 0 Å². The number of aryl methyl sites for hydroxylation is 1. The van der Waals surface area contributed by atoms with Crippen LogP contribution in [0, 0.1) is 6.92 Å². The number of anilines is 1. The average molecular weight is 438 g/mol.